The summed E-state index contributed by atoms with van der Waals surface area (Å²) in [6.07, 6.45) is 1.94. The molecule has 110 valence electrons. The summed E-state index contributed by atoms with van der Waals surface area (Å²) < 4.78 is 0. The number of aromatic nitrogens is 2. The Balaban J connectivity index is 2.39. The molecule has 0 saturated carbocycles. The van der Waals surface area contributed by atoms with Crippen molar-refractivity contribution in [3.8, 4) is 0 Å². The second kappa shape index (κ2) is 5.20. The van der Waals surface area contributed by atoms with Crippen LogP contribution in [0.5, 0.6) is 0 Å². The van der Waals surface area contributed by atoms with Crippen molar-refractivity contribution in [3.63, 3.8) is 0 Å². The number of aryl methyl sites for hydroxylation is 1. The van der Waals surface area contributed by atoms with Crippen LogP contribution in [0.15, 0.2) is 0 Å². The van der Waals surface area contributed by atoms with Gasteiger partial charge in [-0.2, -0.15) is 4.98 Å². The molecule has 0 aromatic carbocycles. The minimum atomic E-state index is -0.426. The van der Waals surface area contributed by atoms with E-state index in [0.29, 0.717) is 11.5 Å². The predicted molar refractivity (Wildman–Crippen MR) is 76.5 cm³/mol. The van der Waals surface area contributed by atoms with Crippen molar-refractivity contribution in [1.29, 1.82) is 0 Å². The second-order valence-electron chi connectivity index (χ2n) is 5.86. The Hall–Kier alpha value is -1.96. The van der Waals surface area contributed by atoms with E-state index in [-0.39, 0.29) is 17.1 Å². The summed E-state index contributed by atoms with van der Waals surface area (Å²) in [6, 6.07) is 0. The van der Waals surface area contributed by atoms with E-state index in [1.165, 1.54) is 0 Å². The third-order valence-electron chi connectivity index (χ3n) is 3.77. The molecule has 1 saturated heterocycles. The van der Waals surface area contributed by atoms with Crippen LogP contribution < -0.4 is 16.2 Å². The lowest BCUT2D eigenvalue weighted by atomic mass is 9.83. The predicted octanol–water partition coefficient (Wildman–Crippen LogP) is 1.61. The van der Waals surface area contributed by atoms with E-state index in [0.717, 1.165) is 25.9 Å². The van der Waals surface area contributed by atoms with Gasteiger partial charge in [0.2, 0.25) is 11.8 Å². The van der Waals surface area contributed by atoms with Crippen LogP contribution >= 0.6 is 0 Å². The molecule has 8 heteroatoms. The molecule has 0 bridgehead atoms. The van der Waals surface area contributed by atoms with Gasteiger partial charge in [-0.3, -0.25) is 15.5 Å². The Morgan fingerprint density at radius 2 is 1.95 bits per heavy atom. The highest BCUT2D eigenvalue weighted by Gasteiger charge is 2.31. The Morgan fingerprint density at radius 1 is 1.35 bits per heavy atom. The number of nitrogen functional groups attached to an aromatic ring is 1. The third-order valence-corrected chi connectivity index (χ3v) is 3.77. The van der Waals surface area contributed by atoms with Gasteiger partial charge in [0.1, 0.15) is 5.69 Å². The van der Waals surface area contributed by atoms with Gasteiger partial charge in [0.05, 0.1) is 4.92 Å². The molecular weight excluding hydrogens is 260 g/mol. The highest BCUT2D eigenvalue weighted by Crippen LogP contribution is 2.36. The summed E-state index contributed by atoms with van der Waals surface area (Å²) in [7, 11) is 0. The number of anilines is 2. The van der Waals surface area contributed by atoms with Crippen molar-refractivity contribution >= 4 is 17.5 Å². The van der Waals surface area contributed by atoms with Gasteiger partial charge in [-0.15, -0.1) is 0 Å². The van der Waals surface area contributed by atoms with E-state index in [2.05, 4.69) is 29.2 Å². The Kier molecular flexibility index (Phi) is 3.76. The standard InChI is InChI=1S/C12H20N6O2/c1-8-9(18(19)20)10(15-11(14-8)16-13)17-6-4-12(2,3)5-7-17/h4-7,13H2,1-3H3,(H,14,15,16). The molecule has 2 heterocycles. The maximum Gasteiger partial charge on any atom is 0.332 e. The zero-order chi connectivity index (χ0) is 14.9. The first-order valence-corrected chi connectivity index (χ1v) is 6.59. The largest absolute Gasteiger partial charge is 0.351 e. The van der Waals surface area contributed by atoms with Crippen LogP contribution in [-0.2, 0) is 0 Å². The average molecular weight is 280 g/mol. The summed E-state index contributed by atoms with van der Waals surface area (Å²) in [5.41, 5.74) is 2.90. The van der Waals surface area contributed by atoms with Gasteiger partial charge in [0, 0.05) is 13.1 Å². The van der Waals surface area contributed by atoms with E-state index in [1.807, 2.05) is 4.90 Å². The first-order valence-electron chi connectivity index (χ1n) is 6.59. The number of hydrazine groups is 1. The van der Waals surface area contributed by atoms with Crippen LogP contribution in [0.2, 0.25) is 0 Å². The highest BCUT2D eigenvalue weighted by atomic mass is 16.6. The first-order chi connectivity index (χ1) is 9.34. The monoisotopic (exact) mass is 280 g/mol. The first kappa shape index (κ1) is 14.4. The van der Waals surface area contributed by atoms with Crippen molar-refractivity contribution in [2.45, 2.75) is 33.6 Å². The fourth-order valence-electron chi connectivity index (χ4n) is 2.37. The van der Waals surface area contributed by atoms with Crippen LogP contribution in [0.4, 0.5) is 17.5 Å². The number of nitrogens with two attached hydrogens (primary N) is 1. The smallest absolute Gasteiger partial charge is 0.332 e. The second-order valence-corrected chi connectivity index (χ2v) is 5.86. The zero-order valence-electron chi connectivity index (χ0n) is 12.0. The third kappa shape index (κ3) is 2.79. The molecule has 0 atom stereocenters. The summed E-state index contributed by atoms with van der Waals surface area (Å²) in [4.78, 5) is 20.9. The van der Waals surface area contributed by atoms with Crippen LogP contribution in [0.25, 0.3) is 0 Å². The molecule has 20 heavy (non-hydrogen) atoms. The van der Waals surface area contributed by atoms with E-state index >= 15 is 0 Å². The number of rotatable bonds is 3. The van der Waals surface area contributed by atoms with Crippen LogP contribution in [0, 0.1) is 22.5 Å². The summed E-state index contributed by atoms with van der Waals surface area (Å²) >= 11 is 0. The lowest BCUT2D eigenvalue weighted by Crippen LogP contribution is -2.38. The SMILES string of the molecule is Cc1nc(NN)nc(N2CCC(C)(C)CC2)c1[N+](=O)[O-]. The summed E-state index contributed by atoms with van der Waals surface area (Å²) in [5.74, 6) is 5.88. The number of nitro groups is 1. The minimum absolute atomic E-state index is 0.0382. The van der Waals surface area contributed by atoms with Gasteiger partial charge in [-0.25, -0.2) is 10.8 Å². The normalized spacial score (nSPS) is 17.9. The van der Waals surface area contributed by atoms with Gasteiger partial charge in [0.15, 0.2) is 0 Å². The van der Waals surface area contributed by atoms with Gasteiger partial charge < -0.3 is 4.90 Å². The van der Waals surface area contributed by atoms with E-state index in [9.17, 15) is 10.1 Å². The Bertz CT molecular complexity index is 521. The molecule has 2 rings (SSSR count). The molecule has 0 radical (unpaired) electrons. The maximum atomic E-state index is 11.3. The minimum Gasteiger partial charge on any atom is -0.351 e. The fourth-order valence-corrected chi connectivity index (χ4v) is 2.37. The van der Waals surface area contributed by atoms with E-state index in [4.69, 9.17) is 5.84 Å². The maximum absolute atomic E-state index is 11.3. The van der Waals surface area contributed by atoms with Crippen molar-refractivity contribution in [2.24, 2.45) is 11.3 Å². The van der Waals surface area contributed by atoms with Crippen molar-refractivity contribution in [2.75, 3.05) is 23.4 Å². The molecular formula is C12H20N6O2. The van der Waals surface area contributed by atoms with Crippen LogP contribution in [0.3, 0.4) is 0 Å². The molecule has 0 aliphatic carbocycles. The fraction of sp³-hybridized carbons (Fsp3) is 0.667. The lowest BCUT2D eigenvalue weighted by Gasteiger charge is -2.37. The van der Waals surface area contributed by atoms with Crippen molar-refractivity contribution in [3.05, 3.63) is 15.8 Å². The molecule has 1 aromatic heterocycles. The Labute approximate surface area is 117 Å². The van der Waals surface area contributed by atoms with Crippen LogP contribution in [-0.4, -0.2) is 28.0 Å². The number of nitrogens with zero attached hydrogens (tertiary/aromatic N) is 4. The highest BCUT2D eigenvalue weighted by molar-refractivity contribution is 5.62. The summed E-state index contributed by atoms with van der Waals surface area (Å²) in [5, 5.41) is 11.3. The average Bonchev–Trinajstić information content (AvgIpc) is 2.37. The molecule has 1 aliphatic rings. The molecule has 0 unspecified atom stereocenters. The molecule has 1 fully saturated rings. The van der Waals surface area contributed by atoms with Gasteiger partial charge >= 0.3 is 5.69 Å². The van der Waals surface area contributed by atoms with Crippen LogP contribution in [0.1, 0.15) is 32.4 Å². The molecule has 1 aliphatic heterocycles. The van der Waals surface area contributed by atoms with E-state index < -0.39 is 4.92 Å². The topological polar surface area (TPSA) is 110 Å². The summed E-state index contributed by atoms with van der Waals surface area (Å²) in [6.45, 7) is 7.49. The Morgan fingerprint density at radius 3 is 2.45 bits per heavy atom. The molecule has 8 nitrogen and oxygen atoms in total. The lowest BCUT2D eigenvalue weighted by molar-refractivity contribution is -0.385. The number of hydrogen-bond acceptors (Lipinski definition) is 7. The quantitative estimate of drug-likeness (QED) is 0.491. The molecule has 1 aromatic rings. The number of piperidine rings is 1. The molecule has 0 amide bonds. The van der Waals surface area contributed by atoms with Gasteiger partial charge in [0.25, 0.3) is 0 Å². The number of hydrogen-bond donors (Lipinski definition) is 2. The van der Waals surface area contributed by atoms with E-state index in [1.54, 1.807) is 6.92 Å². The zero-order valence-corrected chi connectivity index (χ0v) is 12.0. The molecule has 0 spiro atoms. The van der Waals surface area contributed by atoms with Crippen molar-refractivity contribution < 1.29 is 4.92 Å². The molecule has 3 N–H and O–H groups in total. The van der Waals surface area contributed by atoms with Crippen molar-refractivity contribution in [1.82, 2.24) is 9.97 Å². The van der Waals surface area contributed by atoms with Gasteiger partial charge in [-0.05, 0) is 25.2 Å². The number of nitrogens with one attached hydrogen (secondary N) is 1. The van der Waals surface area contributed by atoms with Gasteiger partial charge in [-0.1, -0.05) is 13.8 Å².